The third-order valence-electron chi connectivity index (χ3n) is 2.90. The van der Waals surface area contributed by atoms with Crippen LogP contribution in [0.3, 0.4) is 0 Å². The lowest BCUT2D eigenvalue weighted by Crippen LogP contribution is -1.99. The van der Waals surface area contributed by atoms with E-state index in [2.05, 4.69) is 30.0 Å². The molecule has 0 atom stereocenters. The first-order valence-corrected chi connectivity index (χ1v) is 6.47. The highest BCUT2D eigenvalue weighted by Gasteiger charge is 2.12. The van der Waals surface area contributed by atoms with Crippen molar-refractivity contribution in [2.45, 2.75) is 13.3 Å². The number of nitrogens with zero attached hydrogens (tertiary/aromatic N) is 2. The Bertz CT molecular complexity index is 618. The van der Waals surface area contributed by atoms with E-state index < -0.39 is 0 Å². The van der Waals surface area contributed by atoms with Crippen molar-refractivity contribution in [3.63, 3.8) is 0 Å². The van der Waals surface area contributed by atoms with Gasteiger partial charge in [0.1, 0.15) is 0 Å². The van der Waals surface area contributed by atoms with Crippen LogP contribution in [-0.2, 0) is 6.42 Å². The third-order valence-corrected chi connectivity index (χ3v) is 3.08. The predicted molar refractivity (Wildman–Crippen MR) is 81.8 cm³/mol. The average Bonchev–Trinajstić information content (AvgIpc) is 2.46. The van der Waals surface area contributed by atoms with Crippen molar-refractivity contribution in [3.8, 4) is 11.4 Å². The molecule has 19 heavy (non-hydrogen) atoms. The summed E-state index contributed by atoms with van der Waals surface area (Å²) in [5, 5.41) is 0.412. The molecular weight excluding hydrogens is 256 g/mol. The molecule has 0 amide bonds. The number of aryl methyl sites for hydroxylation is 1. The molecule has 2 aromatic rings. The number of hydrogen-bond donors (Lipinski definition) is 0. The second kappa shape index (κ2) is 5.81. The molecular formula is C16H15ClN2. The van der Waals surface area contributed by atoms with E-state index in [1.807, 2.05) is 24.3 Å². The summed E-state index contributed by atoms with van der Waals surface area (Å²) >= 11 is 6.02. The summed E-state index contributed by atoms with van der Waals surface area (Å²) in [6, 6.07) is 7.82. The van der Waals surface area contributed by atoms with Crippen LogP contribution in [0.25, 0.3) is 22.5 Å². The van der Waals surface area contributed by atoms with Gasteiger partial charge < -0.3 is 0 Å². The highest BCUT2D eigenvalue weighted by molar-refractivity contribution is 6.48. The van der Waals surface area contributed by atoms with Crippen LogP contribution in [0, 0.1) is 0 Å². The number of halogens is 1. The summed E-state index contributed by atoms with van der Waals surface area (Å²) in [7, 11) is 0. The van der Waals surface area contributed by atoms with Gasteiger partial charge >= 0.3 is 0 Å². The molecule has 0 aromatic carbocycles. The van der Waals surface area contributed by atoms with Gasteiger partial charge in [-0.25, -0.2) is 4.98 Å². The Hall–Kier alpha value is -1.93. The van der Waals surface area contributed by atoms with Crippen LogP contribution in [0.5, 0.6) is 0 Å². The predicted octanol–water partition coefficient (Wildman–Crippen LogP) is 4.56. The Labute approximate surface area is 118 Å². The van der Waals surface area contributed by atoms with Crippen molar-refractivity contribution in [2.75, 3.05) is 0 Å². The molecule has 2 heterocycles. The largest absolute Gasteiger partial charge is 0.255 e. The first kappa shape index (κ1) is 13.5. The fraction of sp³-hybridized carbons (Fsp3) is 0.125. The summed E-state index contributed by atoms with van der Waals surface area (Å²) in [5.41, 5.74) is 4.38. The number of rotatable bonds is 4. The number of hydrogen-bond acceptors (Lipinski definition) is 2. The molecule has 0 saturated carbocycles. The molecule has 0 aliphatic carbocycles. The molecule has 0 bridgehead atoms. The first-order chi connectivity index (χ1) is 9.17. The van der Waals surface area contributed by atoms with Crippen molar-refractivity contribution in [2.24, 2.45) is 0 Å². The van der Waals surface area contributed by atoms with E-state index in [0.717, 1.165) is 28.9 Å². The Kier molecular flexibility index (Phi) is 4.13. The Balaban J connectivity index is 2.69. The van der Waals surface area contributed by atoms with Crippen molar-refractivity contribution >= 4 is 22.7 Å². The summed E-state index contributed by atoms with van der Waals surface area (Å²) in [4.78, 5) is 8.97. The second-order valence-electron chi connectivity index (χ2n) is 4.11. The van der Waals surface area contributed by atoms with E-state index >= 15 is 0 Å². The lowest BCUT2D eigenvalue weighted by atomic mass is 10.0. The summed E-state index contributed by atoms with van der Waals surface area (Å²) in [6.45, 7) is 9.64. The first-order valence-electron chi connectivity index (χ1n) is 6.10. The van der Waals surface area contributed by atoms with E-state index in [1.54, 1.807) is 12.3 Å². The van der Waals surface area contributed by atoms with Gasteiger partial charge in [-0.2, -0.15) is 0 Å². The van der Waals surface area contributed by atoms with E-state index in [-0.39, 0.29) is 0 Å². The molecule has 2 aromatic heterocycles. The molecule has 0 aliphatic heterocycles. The normalized spacial score (nSPS) is 10.2. The zero-order valence-electron chi connectivity index (χ0n) is 10.9. The van der Waals surface area contributed by atoms with Gasteiger partial charge in [-0.15, -0.1) is 0 Å². The zero-order chi connectivity index (χ0) is 13.8. The van der Waals surface area contributed by atoms with Crippen molar-refractivity contribution < 1.29 is 0 Å². The average molecular weight is 271 g/mol. The third kappa shape index (κ3) is 2.74. The van der Waals surface area contributed by atoms with E-state index in [0.29, 0.717) is 10.7 Å². The summed E-state index contributed by atoms with van der Waals surface area (Å²) in [5.74, 6) is 0. The van der Waals surface area contributed by atoms with Crippen molar-refractivity contribution in [1.29, 1.82) is 0 Å². The second-order valence-corrected chi connectivity index (χ2v) is 4.57. The van der Waals surface area contributed by atoms with Gasteiger partial charge in [0.15, 0.2) is 0 Å². The lowest BCUT2D eigenvalue weighted by Gasteiger charge is -2.11. The Morgan fingerprint density at radius 2 is 2.21 bits per heavy atom. The van der Waals surface area contributed by atoms with Crippen LogP contribution in [0.15, 0.2) is 43.6 Å². The van der Waals surface area contributed by atoms with Crippen LogP contribution in [-0.4, -0.2) is 9.97 Å². The number of pyridine rings is 2. The van der Waals surface area contributed by atoms with Gasteiger partial charge in [0.2, 0.25) is 0 Å². The minimum absolute atomic E-state index is 0.412. The van der Waals surface area contributed by atoms with Crippen LogP contribution >= 0.6 is 11.6 Å². The molecule has 0 fully saturated rings. The molecule has 96 valence electrons. The van der Waals surface area contributed by atoms with Crippen molar-refractivity contribution in [1.82, 2.24) is 9.97 Å². The topological polar surface area (TPSA) is 25.8 Å². The fourth-order valence-corrected chi connectivity index (χ4v) is 2.09. The van der Waals surface area contributed by atoms with Crippen LogP contribution in [0.4, 0.5) is 0 Å². The zero-order valence-corrected chi connectivity index (χ0v) is 11.6. The standard InChI is InChI=1S/C16H15ClN2/c1-4-12-10-13(5-2)16(19-15(12)11(3)17)14-8-6-7-9-18-14/h4,6-10H,1,3,5H2,2H3. The Morgan fingerprint density at radius 1 is 1.42 bits per heavy atom. The van der Waals surface area contributed by atoms with Crippen LogP contribution in [0.1, 0.15) is 23.7 Å². The van der Waals surface area contributed by atoms with Gasteiger partial charge in [-0.3, -0.25) is 4.98 Å². The highest BCUT2D eigenvalue weighted by atomic mass is 35.5. The molecule has 2 rings (SSSR count). The maximum absolute atomic E-state index is 6.02. The molecule has 2 nitrogen and oxygen atoms in total. The van der Waals surface area contributed by atoms with E-state index in [9.17, 15) is 0 Å². The fourth-order valence-electron chi connectivity index (χ4n) is 1.94. The lowest BCUT2D eigenvalue weighted by molar-refractivity contribution is 1.09. The van der Waals surface area contributed by atoms with Gasteiger partial charge in [-0.1, -0.05) is 43.8 Å². The van der Waals surface area contributed by atoms with Gasteiger partial charge in [-0.05, 0) is 30.2 Å². The molecule has 3 heteroatoms. The number of aromatic nitrogens is 2. The van der Waals surface area contributed by atoms with Crippen LogP contribution < -0.4 is 0 Å². The monoisotopic (exact) mass is 270 g/mol. The summed E-state index contributed by atoms with van der Waals surface area (Å²) < 4.78 is 0. The van der Waals surface area contributed by atoms with Gasteiger partial charge in [0, 0.05) is 11.8 Å². The molecule has 0 spiro atoms. The Morgan fingerprint density at radius 3 is 2.74 bits per heavy atom. The van der Waals surface area contributed by atoms with Crippen LogP contribution in [0.2, 0.25) is 0 Å². The maximum atomic E-state index is 6.02. The molecule has 0 N–H and O–H groups in total. The van der Waals surface area contributed by atoms with Crippen molar-refractivity contribution in [3.05, 3.63) is 60.4 Å². The smallest absolute Gasteiger partial charge is 0.0926 e. The van der Waals surface area contributed by atoms with Gasteiger partial charge in [0.25, 0.3) is 0 Å². The molecule has 0 saturated heterocycles. The molecule has 0 aliphatic rings. The minimum Gasteiger partial charge on any atom is -0.255 e. The summed E-state index contributed by atoms with van der Waals surface area (Å²) in [6.07, 6.45) is 4.37. The van der Waals surface area contributed by atoms with E-state index in [4.69, 9.17) is 11.6 Å². The quantitative estimate of drug-likeness (QED) is 0.814. The SMILES string of the molecule is C=Cc1cc(CC)c(-c2ccccn2)nc1C(=C)Cl. The van der Waals surface area contributed by atoms with E-state index in [1.165, 1.54) is 0 Å². The highest BCUT2D eigenvalue weighted by Crippen LogP contribution is 2.27. The molecule has 0 unspecified atom stereocenters. The maximum Gasteiger partial charge on any atom is 0.0926 e. The van der Waals surface area contributed by atoms with Gasteiger partial charge in [0.05, 0.1) is 22.1 Å². The minimum atomic E-state index is 0.412. The molecule has 0 radical (unpaired) electrons.